The molecule has 0 spiro atoms. The minimum Gasteiger partial charge on any atom is -0.294 e. The lowest BCUT2D eigenvalue weighted by atomic mass is 9.87. The molecule has 0 aromatic carbocycles. The average Bonchev–Trinajstić information content (AvgIpc) is 2.62. The molecule has 0 radical (unpaired) electrons. The molecule has 9 heavy (non-hydrogen) atoms. The second-order valence-electron chi connectivity index (χ2n) is 3.84. The van der Waals surface area contributed by atoms with Crippen molar-refractivity contribution in [3.8, 4) is 0 Å². The largest absolute Gasteiger partial charge is 0.294 e. The normalized spacial score (nSPS) is 61.3. The van der Waals surface area contributed by atoms with E-state index in [4.69, 9.17) is 0 Å². The Kier molecular flexibility index (Phi) is 0.704. The maximum atomic E-state index is 2.70. The molecular weight excluding hydrogens is 110 g/mol. The zero-order valence-electron chi connectivity index (χ0n) is 5.71. The van der Waals surface area contributed by atoms with Crippen LogP contribution in [0.25, 0.3) is 0 Å². The second kappa shape index (κ2) is 1.34. The van der Waals surface area contributed by atoms with Gasteiger partial charge in [-0.25, -0.2) is 0 Å². The summed E-state index contributed by atoms with van der Waals surface area (Å²) in [5.41, 5.74) is 0. The molecular formula is C8H13N. The monoisotopic (exact) mass is 123 g/mol. The fourth-order valence-corrected chi connectivity index (χ4v) is 2.83. The third-order valence-corrected chi connectivity index (χ3v) is 3.45. The average molecular weight is 123 g/mol. The van der Waals surface area contributed by atoms with Crippen molar-refractivity contribution in [3.63, 3.8) is 0 Å². The van der Waals surface area contributed by atoms with Crippen molar-refractivity contribution in [2.75, 3.05) is 6.54 Å². The fourth-order valence-electron chi connectivity index (χ4n) is 2.83. The van der Waals surface area contributed by atoms with Gasteiger partial charge in [0.2, 0.25) is 0 Å². The molecule has 2 heterocycles. The smallest absolute Gasteiger partial charge is 0.0257 e. The lowest BCUT2D eigenvalue weighted by Crippen LogP contribution is -2.19. The molecule has 2 bridgehead atoms. The van der Waals surface area contributed by atoms with Gasteiger partial charge in [-0.3, -0.25) is 4.90 Å². The van der Waals surface area contributed by atoms with Gasteiger partial charge in [-0.05, 0) is 38.1 Å². The van der Waals surface area contributed by atoms with E-state index in [1.165, 1.54) is 25.8 Å². The Bertz CT molecular complexity index is 119. The molecule has 0 aromatic heterocycles. The van der Waals surface area contributed by atoms with E-state index in [2.05, 4.69) is 4.90 Å². The molecule has 4 atom stereocenters. The molecule has 3 rings (SSSR count). The number of hydrogen-bond acceptors (Lipinski definition) is 1. The van der Waals surface area contributed by atoms with E-state index in [1.54, 1.807) is 6.42 Å². The van der Waals surface area contributed by atoms with Gasteiger partial charge >= 0.3 is 0 Å². The van der Waals surface area contributed by atoms with E-state index in [0.29, 0.717) is 0 Å². The highest BCUT2D eigenvalue weighted by Gasteiger charge is 2.52. The van der Waals surface area contributed by atoms with Crippen LogP contribution >= 0.6 is 0 Å². The first-order chi connectivity index (χ1) is 4.45. The van der Waals surface area contributed by atoms with E-state index >= 15 is 0 Å². The number of nitrogens with zero attached hydrogens (tertiary/aromatic N) is 1. The van der Waals surface area contributed by atoms with Crippen molar-refractivity contribution in [1.82, 2.24) is 4.90 Å². The van der Waals surface area contributed by atoms with Gasteiger partial charge in [0, 0.05) is 12.1 Å². The molecule has 1 unspecified atom stereocenters. The minimum atomic E-state index is 1.06. The van der Waals surface area contributed by atoms with Crippen LogP contribution in [0.3, 0.4) is 0 Å². The van der Waals surface area contributed by atoms with Crippen LogP contribution in [-0.4, -0.2) is 23.5 Å². The van der Waals surface area contributed by atoms with E-state index in [9.17, 15) is 0 Å². The molecule has 2 saturated heterocycles. The van der Waals surface area contributed by atoms with E-state index < -0.39 is 0 Å². The van der Waals surface area contributed by atoms with Crippen LogP contribution in [0.1, 0.15) is 25.7 Å². The molecule has 50 valence electrons. The van der Waals surface area contributed by atoms with Gasteiger partial charge in [0.05, 0.1) is 0 Å². The minimum absolute atomic E-state index is 1.06. The number of piperidine rings is 1. The lowest BCUT2D eigenvalue weighted by Gasteiger charge is -2.21. The molecule has 2 aliphatic heterocycles. The molecule has 0 aromatic rings. The second-order valence-corrected chi connectivity index (χ2v) is 3.84. The summed E-state index contributed by atoms with van der Waals surface area (Å²) in [6.45, 7) is 1.43. The van der Waals surface area contributed by atoms with E-state index in [0.717, 1.165) is 18.0 Å². The van der Waals surface area contributed by atoms with Crippen molar-refractivity contribution in [3.05, 3.63) is 0 Å². The van der Waals surface area contributed by atoms with Gasteiger partial charge in [-0.1, -0.05) is 0 Å². The highest BCUT2D eigenvalue weighted by molar-refractivity contribution is 5.08. The van der Waals surface area contributed by atoms with Crippen LogP contribution in [0, 0.1) is 5.92 Å². The van der Waals surface area contributed by atoms with E-state index in [-0.39, 0.29) is 0 Å². The molecule has 1 nitrogen and oxygen atoms in total. The fraction of sp³-hybridized carbons (Fsp3) is 1.00. The van der Waals surface area contributed by atoms with Crippen molar-refractivity contribution < 1.29 is 0 Å². The lowest BCUT2D eigenvalue weighted by molar-refractivity contribution is 0.313. The van der Waals surface area contributed by atoms with Crippen LogP contribution in [0.5, 0.6) is 0 Å². The Morgan fingerprint density at radius 2 is 2.00 bits per heavy atom. The first-order valence-electron chi connectivity index (χ1n) is 4.21. The van der Waals surface area contributed by atoms with Gasteiger partial charge < -0.3 is 0 Å². The maximum Gasteiger partial charge on any atom is 0.0257 e. The first kappa shape index (κ1) is 4.73. The zero-order valence-corrected chi connectivity index (χ0v) is 5.71. The molecule has 3 aliphatic rings. The highest BCUT2D eigenvalue weighted by atomic mass is 15.4. The number of rotatable bonds is 0. The van der Waals surface area contributed by atoms with Crippen LogP contribution in [-0.2, 0) is 0 Å². The van der Waals surface area contributed by atoms with Gasteiger partial charge in [0.1, 0.15) is 0 Å². The Hall–Kier alpha value is -0.0400. The zero-order chi connectivity index (χ0) is 5.84. The predicted octanol–water partition coefficient (Wildman–Crippen LogP) is 1.24. The standard InChI is InChI=1S/C8H13N/c1-2-7-8-5-6(1)3-4-9(7)8/h6-8H,1-5H2/t6-,7-,8+,9?/m0/s1. The van der Waals surface area contributed by atoms with Gasteiger partial charge in [0.15, 0.2) is 0 Å². The summed E-state index contributed by atoms with van der Waals surface area (Å²) < 4.78 is 0. The van der Waals surface area contributed by atoms with Crippen LogP contribution in [0.2, 0.25) is 0 Å². The Morgan fingerprint density at radius 1 is 1.00 bits per heavy atom. The summed E-state index contributed by atoms with van der Waals surface area (Å²) >= 11 is 0. The Balaban J connectivity index is 1.92. The maximum absolute atomic E-state index is 2.70. The molecule has 0 N–H and O–H groups in total. The summed E-state index contributed by atoms with van der Waals surface area (Å²) in [7, 11) is 0. The molecule has 3 fully saturated rings. The topological polar surface area (TPSA) is 3.01 Å². The summed E-state index contributed by atoms with van der Waals surface area (Å²) in [6, 6.07) is 2.13. The molecule has 1 saturated carbocycles. The predicted molar refractivity (Wildman–Crippen MR) is 36.2 cm³/mol. The van der Waals surface area contributed by atoms with Crippen LogP contribution in [0.15, 0.2) is 0 Å². The molecule has 1 aliphatic carbocycles. The summed E-state index contributed by atoms with van der Waals surface area (Å²) in [4.78, 5) is 2.70. The van der Waals surface area contributed by atoms with E-state index in [1.807, 2.05) is 0 Å². The van der Waals surface area contributed by atoms with Gasteiger partial charge in [0.25, 0.3) is 0 Å². The summed E-state index contributed by atoms with van der Waals surface area (Å²) in [5.74, 6) is 1.13. The summed E-state index contributed by atoms with van der Waals surface area (Å²) in [5, 5.41) is 0. The Morgan fingerprint density at radius 3 is 2.89 bits per heavy atom. The summed E-state index contributed by atoms with van der Waals surface area (Å²) in [6.07, 6.45) is 6.12. The molecule has 0 amide bonds. The SMILES string of the molecule is C1C[C@H]2[C@H]3C[C@@H]1CCN32. The quantitative estimate of drug-likeness (QED) is 0.438. The Labute approximate surface area is 56.0 Å². The van der Waals surface area contributed by atoms with Crippen molar-refractivity contribution in [2.45, 2.75) is 37.8 Å². The number of fused-ring (bicyclic) bond motifs is 2. The third kappa shape index (κ3) is 0.493. The van der Waals surface area contributed by atoms with Gasteiger partial charge in [-0.2, -0.15) is 0 Å². The number of hydrogen-bond donors (Lipinski definition) is 0. The van der Waals surface area contributed by atoms with Crippen LogP contribution in [0.4, 0.5) is 0 Å². The first-order valence-corrected chi connectivity index (χ1v) is 4.21. The highest BCUT2D eigenvalue weighted by Crippen LogP contribution is 2.47. The molecule has 1 heteroatoms. The van der Waals surface area contributed by atoms with Crippen LogP contribution < -0.4 is 0 Å². The van der Waals surface area contributed by atoms with Crippen molar-refractivity contribution in [2.24, 2.45) is 5.92 Å². The van der Waals surface area contributed by atoms with Crippen molar-refractivity contribution in [1.29, 1.82) is 0 Å². The van der Waals surface area contributed by atoms with Crippen molar-refractivity contribution >= 4 is 0 Å². The third-order valence-electron chi connectivity index (χ3n) is 3.45. The van der Waals surface area contributed by atoms with Gasteiger partial charge in [-0.15, -0.1) is 0 Å².